The van der Waals surface area contributed by atoms with E-state index in [9.17, 15) is 8.42 Å². The van der Waals surface area contributed by atoms with Crippen molar-refractivity contribution in [3.05, 3.63) is 51.7 Å². The van der Waals surface area contributed by atoms with Crippen molar-refractivity contribution in [1.29, 1.82) is 0 Å². The molecule has 1 aromatic heterocycles. The lowest BCUT2D eigenvalue weighted by atomic mass is 10.0. The number of sulfonamides is 1. The van der Waals surface area contributed by atoms with Crippen LogP contribution in [0.1, 0.15) is 22.3 Å². The number of rotatable bonds is 3. The van der Waals surface area contributed by atoms with E-state index in [1.165, 1.54) is 0 Å². The summed E-state index contributed by atoms with van der Waals surface area (Å²) in [5, 5.41) is 0.240. The molecule has 0 aliphatic heterocycles. The number of aryl methyl sites for hydroxylation is 2. The van der Waals surface area contributed by atoms with E-state index in [0.29, 0.717) is 4.90 Å². The van der Waals surface area contributed by atoms with Crippen LogP contribution in [0.25, 0.3) is 0 Å². The molecule has 0 aliphatic rings. The molecule has 6 heteroatoms. The molecule has 2 rings (SSSR count). The second-order valence-electron chi connectivity index (χ2n) is 5.04. The van der Waals surface area contributed by atoms with Crippen molar-refractivity contribution in [2.24, 2.45) is 0 Å². The Labute approximate surface area is 130 Å². The van der Waals surface area contributed by atoms with Gasteiger partial charge in [0, 0.05) is 0 Å². The minimum Gasteiger partial charge on any atom is -0.263 e. The van der Waals surface area contributed by atoms with Gasteiger partial charge in [0.05, 0.1) is 4.90 Å². The first-order valence-electron chi connectivity index (χ1n) is 6.45. The van der Waals surface area contributed by atoms with Gasteiger partial charge in [-0.1, -0.05) is 23.7 Å². The van der Waals surface area contributed by atoms with E-state index in [0.717, 1.165) is 22.3 Å². The van der Waals surface area contributed by atoms with Crippen LogP contribution in [0.2, 0.25) is 5.15 Å². The molecular formula is C15H17ClN2O2S. The normalized spacial score (nSPS) is 11.5. The maximum Gasteiger partial charge on any atom is 0.263 e. The van der Waals surface area contributed by atoms with Crippen LogP contribution in [-0.4, -0.2) is 13.4 Å². The van der Waals surface area contributed by atoms with Gasteiger partial charge in [0.2, 0.25) is 0 Å². The molecule has 0 saturated carbocycles. The van der Waals surface area contributed by atoms with E-state index in [2.05, 4.69) is 9.71 Å². The summed E-state index contributed by atoms with van der Waals surface area (Å²) in [7, 11) is -3.71. The predicted molar refractivity (Wildman–Crippen MR) is 85.4 cm³/mol. The average molecular weight is 325 g/mol. The molecule has 0 spiro atoms. The zero-order valence-electron chi connectivity index (χ0n) is 12.4. The number of hydrogen-bond donors (Lipinski definition) is 1. The molecule has 1 aromatic carbocycles. The molecule has 0 saturated heterocycles. The summed E-state index contributed by atoms with van der Waals surface area (Å²) in [5.41, 5.74) is 3.37. The summed E-state index contributed by atoms with van der Waals surface area (Å²) >= 11 is 5.79. The predicted octanol–water partition coefficient (Wildman–Crippen LogP) is 3.77. The fourth-order valence-electron chi connectivity index (χ4n) is 2.24. The number of nitrogens with zero attached hydrogens (tertiary/aromatic N) is 1. The topological polar surface area (TPSA) is 59.1 Å². The molecule has 4 nitrogen and oxygen atoms in total. The van der Waals surface area contributed by atoms with E-state index in [1.54, 1.807) is 18.2 Å². The molecule has 0 amide bonds. The van der Waals surface area contributed by atoms with Gasteiger partial charge in [-0.2, -0.15) is 0 Å². The number of benzene rings is 1. The largest absolute Gasteiger partial charge is 0.263 e. The minimum atomic E-state index is -3.71. The number of halogens is 1. The Morgan fingerprint density at radius 2 is 1.62 bits per heavy atom. The zero-order valence-corrected chi connectivity index (χ0v) is 13.9. The highest BCUT2D eigenvalue weighted by Gasteiger charge is 2.22. The molecular weight excluding hydrogens is 308 g/mol. The Morgan fingerprint density at radius 1 is 1.05 bits per heavy atom. The SMILES string of the molecule is Cc1cc(C)c(C)c(S(=O)(=O)Nc2cccc(Cl)n2)c1C. The van der Waals surface area contributed by atoms with Crippen LogP contribution in [-0.2, 0) is 10.0 Å². The molecule has 0 unspecified atom stereocenters. The number of anilines is 1. The second kappa shape index (κ2) is 5.66. The van der Waals surface area contributed by atoms with Gasteiger partial charge >= 0.3 is 0 Å². The summed E-state index contributed by atoms with van der Waals surface area (Å²) in [6.07, 6.45) is 0. The first kappa shape index (κ1) is 15.8. The summed E-state index contributed by atoms with van der Waals surface area (Å²) in [6.45, 7) is 7.42. The maximum atomic E-state index is 12.7. The minimum absolute atomic E-state index is 0.209. The Morgan fingerprint density at radius 3 is 2.14 bits per heavy atom. The van der Waals surface area contributed by atoms with E-state index < -0.39 is 10.0 Å². The third-order valence-electron chi connectivity index (χ3n) is 3.52. The van der Waals surface area contributed by atoms with Crippen LogP contribution >= 0.6 is 11.6 Å². The van der Waals surface area contributed by atoms with Gasteiger partial charge in [0.15, 0.2) is 0 Å². The van der Waals surface area contributed by atoms with Crippen LogP contribution in [0, 0.1) is 27.7 Å². The van der Waals surface area contributed by atoms with Crippen LogP contribution in [0.4, 0.5) is 5.82 Å². The van der Waals surface area contributed by atoms with Crippen molar-refractivity contribution < 1.29 is 8.42 Å². The number of aromatic nitrogens is 1. The molecule has 0 aliphatic carbocycles. The zero-order chi connectivity index (χ0) is 15.8. The third-order valence-corrected chi connectivity index (χ3v) is 5.36. The van der Waals surface area contributed by atoms with Gasteiger partial charge in [-0.25, -0.2) is 13.4 Å². The quantitative estimate of drug-likeness (QED) is 0.874. The molecule has 1 N–H and O–H groups in total. The Kier molecular flexibility index (Phi) is 4.25. The highest BCUT2D eigenvalue weighted by Crippen LogP contribution is 2.27. The number of pyridine rings is 1. The standard InChI is InChI=1S/C15H17ClN2O2S/c1-9-8-10(2)12(4)15(11(9)3)21(19,20)18-14-7-5-6-13(16)17-14/h5-8H,1-4H3,(H,17,18). The second-order valence-corrected chi connectivity index (χ2v) is 7.05. The molecule has 1 heterocycles. The number of hydrogen-bond acceptors (Lipinski definition) is 3. The van der Waals surface area contributed by atoms with Crippen molar-refractivity contribution in [3.8, 4) is 0 Å². The lowest BCUT2D eigenvalue weighted by Gasteiger charge is -2.16. The number of nitrogens with one attached hydrogen (secondary N) is 1. The molecule has 0 fully saturated rings. The van der Waals surface area contributed by atoms with E-state index in [1.807, 2.05) is 33.8 Å². The monoisotopic (exact) mass is 324 g/mol. The molecule has 0 radical (unpaired) electrons. The van der Waals surface area contributed by atoms with Gasteiger partial charge in [-0.3, -0.25) is 4.72 Å². The van der Waals surface area contributed by atoms with E-state index in [4.69, 9.17) is 11.6 Å². The van der Waals surface area contributed by atoms with Gasteiger partial charge in [-0.05, 0) is 62.1 Å². The van der Waals surface area contributed by atoms with Crippen molar-refractivity contribution >= 4 is 27.4 Å². The van der Waals surface area contributed by atoms with Gasteiger partial charge in [0.25, 0.3) is 10.0 Å². The Hall–Kier alpha value is -1.59. The van der Waals surface area contributed by atoms with Crippen molar-refractivity contribution in [1.82, 2.24) is 4.98 Å². The third kappa shape index (κ3) is 3.19. The first-order valence-corrected chi connectivity index (χ1v) is 8.31. The van der Waals surface area contributed by atoms with Crippen molar-refractivity contribution in [2.75, 3.05) is 4.72 Å². The van der Waals surface area contributed by atoms with Crippen LogP contribution in [0.5, 0.6) is 0 Å². The molecule has 0 bridgehead atoms. The van der Waals surface area contributed by atoms with Crippen LogP contribution in [0.15, 0.2) is 29.2 Å². The lowest BCUT2D eigenvalue weighted by molar-refractivity contribution is 0.599. The Bertz CT molecular complexity index is 775. The molecule has 112 valence electrons. The lowest BCUT2D eigenvalue weighted by Crippen LogP contribution is -2.17. The smallest absolute Gasteiger partial charge is 0.263 e. The van der Waals surface area contributed by atoms with Gasteiger partial charge in [0.1, 0.15) is 11.0 Å². The van der Waals surface area contributed by atoms with Gasteiger partial charge in [-0.15, -0.1) is 0 Å². The molecule has 2 aromatic rings. The molecule has 0 atom stereocenters. The van der Waals surface area contributed by atoms with E-state index in [-0.39, 0.29) is 11.0 Å². The summed E-state index contributed by atoms with van der Waals surface area (Å²) < 4.78 is 27.8. The Balaban J connectivity index is 2.55. The fraction of sp³-hybridized carbons (Fsp3) is 0.267. The maximum absolute atomic E-state index is 12.7. The summed E-state index contributed by atoms with van der Waals surface area (Å²) in [5.74, 6) is 0.209. The van der Waals surface area contributed by atoms with Crippen LogP contribution < -0.4 is 4.72 Å². The van der Waals surface area contributed by atoms with Crippen molar-refractivity contribution in [2.45, 2.75) is 32.6 Å². The first-order chi connectivity index (χ1) is 9.72. The summed E-state index contributed by atoms with van der Waals surface area (Å²) in [4.78, 5) is 4.27. The highest BCUT2D eigenvalue weighted by atomic mass is 35.5. The van der Waals surface area contributed by atoms with E-state index >= 15 is 0 Å². The fourth-order valence-corrected chi connectivity index (χ4v) is 4.02. The van der Waals surface area contributed by atoms with Gasteiger partial charge < -0.3 is 0 Å². The van der Waals surface area contributed by atoms with Crippen LogP contribution in [0.3, 0.4) is 0 Å². The highest BCUT2D eigenvalue weighted by molar-refractivity contribution is 7.92. The average Bonchev–Trinajstić information content (AvgIpc) is 2.35. The van der Waals surface area contributed by atoms with Crippen molar-refractivity contribution in [3.63, 3.8) is 0 Å². The summed E-state index contributed by atoms with van der Waals surface area (Å²) in [6, 6.07) is 6.79. The molecule has 21 heavy (non-hydrogen) atoms.